The molecule has 2 heterocycles. The number of ether oxygens (including phenoxy) is 1. The van der Waals surface area contributed by atoms with E-state index in [9.17, 15) is 4.79 Å². The van der Waals surface area contributed by atoms with Crippen LogP contribution in [0.3, 0.4) is 0 Å². The minimum absolute atomic E-state index is 0.0535. The van der Waals surface area contributed by atoms with Gasteiger partial charge in [-0.2, -0.15) is 0 Å². The van der Waals surface area contributed by atoms with Gasteiger partial charge in [0.2, 0.25) is 5.91 Å². The van der Waals surface area contributed by atoms with Crippen LogP contribution in [0, 0.1) is 5.92 Å². The topological polar surface area (TPSA) is 67.0 Å². The second kappa shape index (κ2) is 8.04. The van der Waals surface area contributed by atoms with Gasteiger partial charge in [-0.3, -0.25) is 9.78 Å². The van der Waals surface area contributed by atoms with E-state index in [0.717, 1.165) is 27.8 Å². The molecule has 0 saturated carbocycles. The first-order valence-electron chi connectivity index (χ1n) is 8.89. The number of H-pyrrole nitrogens is 1. The van der Waals surface area contributed by atoms with Crippen LogP contribution in [-0.2, 0) is 11.3 Å². The molecule has 0 aliphatic heterocycles. The Morgan fingerprint density at radius 1 is 1.23 bits per heavy atom. The van der Waals surface area contributed by atoms with Crippen LogP contribution in [0.5, 0.6) is 5.75 Å². The predicted octanol–water partition coefficient (Wildman–Crippen LogP) is 4.02. The molecule has 3 aromatic rings. The molecule has 0 fully saturated rings. The number of amides is 1. The minimum atomic E-state index is 0.0535. The number of aromatic nitrogens is 2. The van der Waals surface area contributed by atoms with E-state index in [1.165, 1.54) is 0 Å². The fraction of sp³-hybridized carbons (Fsp3) is 0.333. The molecule has 0 unspecified atom stereocenters. The fourth-order valence-electron chi connectivity index (χ4n) is 3.23. The molecule has 0 radical (unpaired) electrons. The highest BCUT2D eigenvalue weighted by Crippen LogP contribution is 2.34. The number of fused-ring (bicyclic) bond motifs is 1. The van der Waals surface area contributed by atoms with Crippen molar-refractivity contribution in [3.8, 4) is 5.75 Å². The number of aromatic amines is 1. The van der Waals surface area contributed by atoms with E-state index in [1.54, 1.807) is 19.5 Å². The Labute approximate surface area is 153 Å². The SMILES string of the molecule is COc1ccc2[nH]cc([C@@H](CC(=O)NCc3ccncc3)C(C)C)c2c1. The maximum absolute atomic E-state index is 12.5. The van der Waals surface area contributed by atoms with Gasteiger partial charge in [0.25, 0.3) is 0 Å². The van der Waals surface area contributed by atoms with Crippen molar-refractivity contribution >= 4 is 16.8 Å². The third-order valence-electron chi connectivity index (χ3n) is 4.77. The number of benzene rings is 1. The zero-order valence-electron chi connectivity index (χ0n) is 15.5. The van der Waals surface area contributed by atoms with Crippen molar-refractivity contribution in [1.29, 1.82) is 0 Å². The van der Waals surface area contributed by atoms with E-state index in [0.29, 0.717) is 18.9 Å². The van der Waals surface area contributed by atoms with Crippen molar-refractivity contribution in [2.24, 2.45) is 5.92 Å². The molecule has 5 nitrogen and oxygen atoms in total. The Balaban J connectivity index is 1.76. The number of carbonyl (C=O) groups is 1. The van der Waals surface area contributed by atoms with Crippen LogP contribution in [0.2, 0.25) is 0 Å². The highest BCUT2D eigenvalue weighted by molar-refractivity contribution is 5.86. The molecule has 1 atom stereocenters. The van der Waals surface area contributed by atoms with Crippen LogP contribution >= 0.6 is 0 Å². The maximum Gasteiger partial charge on any atom is 0.220 e. The lowest BCUT2D eigenvalue weighted by Gasteiger charge is -2.20. The van der Waals surface area contributed by atoms with Crippen LogP contribution in [0.25, 0.3) is 10.9 Å². The van der Waals surface area contributed by atoms with Crippen LogP contribution in [0.4, 0.5) is 0 Å². The van der Waals surface area contributed by atoms with Gasteiger partial charge in [-0.25, -0.2) is 0 Å². The summed E-state index contributed by atoms with van der Waals surface area (Å²) in [5.74, 6) is 1.35. The first kappa shape index (κ1) is 18.0. The van der Waals surface area contributed by atoms with Crippen molar-refractivity contribution < 1.29 is 9.53 Å². The summed E-state index contributed by atoms with van der Waals surface area (Å²) in [6.07, 6.45) is 5.94. The van der Waals surface area contributed by atoms with Crippen molar-refractivity contribution in [2.45, 2.75) is 32.7 Å². The lowest BCUT2D eigenvalue weighted by Crippen LogP contribution is -2.26. The van der Waals surface area contributed by atoms with Gasteiger partial charge in [-0.15, -0.1) is 0 Å². The zero-order valence-corrected chi connectivity index (χ0v) is 15.5. The first-order chi connectivity index (χ1) is 12.6. The highest BCUT2D eigenvalue weighted by Gasteiger charge is 2.22. The lowest BCUT2D eigenvalue weighted by molar-refractivity contribution is -0.121. The molecular formula is C21H25N3O2. The number of methoxy groups -OCH3 is 1. The maximum atomic E-state index is 12.5. The number of hydrogen-bond donors (Lipinski definition) is 2. The van der Waals surface area contributed by atoms with E-state index in [4.69, 9.17) is 4.74 Å². The predicted molar refractivity (Wildman–Crippen MR) is 103 cm³/mol. The summed E-state index contributed by atoms with van der Waals surface area (Å²) in [6, 6.07) is 9.80. The van der Waals surface area contributed by atoms with Gasteiger partial charge >= 0.3 is 0 Å². The van der Waals surface area contributed by atoms with Crippen molar-refractivity contribution in [2.75, 3.05) is 7.11 Å². The largest absolute Gasteiger partial charge is 0.497 e. The number of hydrogen-bond acceptors (Lipinski definition) is 3. The molecule has 2 aromatic heterocycles. The molecule has 0 bridgehead atoms. The summed E-state index contributed by atoms with van der Waals surface area (Å²) in [7, 11) is 1.67. The highest BCUT2D eigenvalue weighted by atomic mass is 16.5. The van der Waals surface area contributed by atoms with Gasteiger partial charge in [0.1, 0.15) is 5.75 Å². The molecule has 0 spiro atoms. The monoisotopic (exact) mass is 351 g/mol. The Hall–Kier alpha value is -2.82. The van der Waals surface area contributed by atoms with Gasteiger partial charge < -0.3 is 15.0 Å². The quantitative estimate of drug-likeness (QED) is 0.676. The van der Waals surface area contributed by atoms with Crippen molar-refractivity contribution in [1.82, 2.24) is 15.3 Å². The summed E-state index contributed by atoms with van der Waals surface area (Å²) in [6.45, 7) is 4.83. The molecule has 0 saturated heterocycles. The molecule has 0 aliphatic carbocycles. The van der Waals surface area contributed by atoms with Crippen molar-refractivity contribution in [3.05, 3.63) is 60.0 Å². The molecule has 3 rings (SSSR count). The zero-order chi connectivity index (χ0) is 18.5. The minimum Gasteiger partial charge on any atom is -0.497 e. The Morgan fingerprint density at radius 2 is 2.00 bits per heavy atom. The van der Waals surface area contributed by atoms with E-state index in [-0.39, 0.29) is 11.8 Å². The smallest absolute Gasteiger partial charge is 0.220 e. The van der Waals surface area contributed by atoms with Gasteiger partial charge in [-0.1, -0.05) is 13.8 Å². The second-order valence-corrected chi connectivity index (χ2v) is 6.84. The summed E-state index contributed by atoms with van der Waals surface area (Å²) in [5.41, 5.74) is 3.27. The molecule has 0 aliphatic rings. The number of nitrogens with one attached hydrogen (secondary N) is 2. The molecule has 136 valence electrons. The van der Waals surface area contributed by atoms with E-state index >= 15 is 0 Å². The van der Waals surface area contributed by atoms with E-state index < -0.39 is 0 Å². The second-order valence-electron chi connectivity index (χ2n) is 6.84. The standard InChI is InChI=1S/C21H25N3O2/c1-14(2)17(11-21(25)24-12-15-6-8-22-9-7-15)19-13-23-20-5-4-16(26-3)10-18(19)20/h4-10,13-14,17,23H,11-12H2,1-3H3,(H,24,25)/t17-/m0/s1. The third kappa shape index (κ3) is 4.04. The molecule has 2 N–H and O–H groups in total. The van der Waals surface area contributed by atoms with Crippen LogP contribution in [0.1, 0.15) is 37.3 Å². The number of carbonyl (C=O) groups excluding carboxylic acids is 1. The Morgan fingerprint density at radius 3 is 2.69 bits per heavy atom. The van der Waals surface area contributed by atoms with Crippen LogP contribution < -0.4 is 10.1 Å². The molecular weight excluding hydrogens is 326 g/mol. The van der Waals surface area contributed by atoms with E-state index in [1.807, 2.05) is 36.5 Å². The molecule has 26 heavy (non-hydrogen) atoms. The lowest BCUT2D eigenvalue weighted by atomic mass is 9.85. The first-order valence-corrected chi connectivity index (χ1v) is 8.89. The van der Waals surface area contributed by atoms with Crippen molar-refractivity contribution in [3.63, 3.8) is 0 Å². The van der Waals surface area contributed by atoms with Gasteiger partial charge in [0.05, 0.1) is 7.11 Å². The number of pyridine rings is 1. The number of nitrogens with zero attached hydrogens (tertiary/aromatic N) is 1. The Bertz CT molecular complexity index is 871. The summed E-state index contributed by atoms with van der Waals surface area (Å²) in [4.78, 5) is 19.8. The molecule has 5 heteroatoms. The molecule has 1 amide bonds. The summed E-state index contributed by atoms with van der Waals surface area (Å²) < 4.78 is 5.36. The van der Waals surface area contributed by atoms with Crippen LogP contribution in [0.15, 0.2) is 48.9 Å². The average Bonchev–Trinajstić information content (AvgIpc) is 3.07. The third-order valence-corrected chi connectivity index (χ3v) is 4.77. The average molecular weight is 351 g/mol. The molecule has 1 aromatic carbocycles. The van der Waals surface area contributed by atoms with Gasteiger partial charge in [-0.05, 0) is 53.3 Å². The fourth-order valence-corrected chi connectivity index (χ4v) is 3.23. The van der Waals surface area contributed by atoms with Gasteiger partial charge in [0, 0.05) is 42.5 Å². The number of rotatable bonds is 7. The Kier molecular flexibility index (Phi) is 5.56. The normalized spacial score (nSPS) is 12.3. The summed E-state index contributed by atoms with van der Waals surface area (Å²) in [5, 5.41) is 4.13. The van der Waals surface area contributed by atoms with Crippen LogP contribution in [-0.4, -0.2) is 23.0 Å². The summed E-state index contributed by atoms with van der Waals surface area (Å²) >= 11 is 0. The van der Waals surface area contributed by atoms with Gasteiger partial charge in [0.15, 0.2) is 0 Å². The van der Waals surface area contributed by atoms with E-state index in [2.05, 4.69) is 29.1 Å².